The first-order valence-electron chi connectivity index (χ1n) is 6.86. The van der Waals surface area contributed by atoms with Gasteiger partial charge in [-0.05, 0) is 37.3 Å². The number of hydrogen-bond acceptors (Lipinski definition) is 5. The number of rotatable bonds is 4. The van der Waals surface area contributed by atoms with Crippen molar-refractivity contribution >= 4 is 32.6 Å². The highest BCUT2D eigenvalue weighted by atomic mass is 32.2. The Kier molecular flexibility index (Phi) is 3.65. The molecule has 6 nitrogen and oxygen atoms in total. The van der Waals surface area contributed by atoms with Crippen LogP contribution in [-0.4, -0.2) is 19.2 Å². The molecule has 0 aliphatic heterocycles. The van der Waals surface area contributed by atoms with Crippen molar-refractivity contribution in [2.45, 2.75) is 18.7 Å². The summed E-state index contributed by atoms with van der Waals surface area (Å²) >= 11 is 0. The van der Waals surface area contributed by atoms with Crippen molar-refractivity contribution in [3.8, 4) is 0 Å². The van der Waals surface area contributed by atoms with Crippen LogP contribution < -0.4 is 4.72 Å². The molecule has 7 heteroatoms. The number of oxazole rings is 1. The van der Waals surface area contributed by atoms with Gasteiger partial charge in [0.1, 0.15) is 5.52 Å². The first kappa shape index (κ1) is 15.2. The van der Waals surface area contributed by atoms with Crippen LogP contribution in [0.1, 0.15) is 23.2 Å². The number of Topliss-reactive ketones (excluding diaryl/α,β-unsaturated/α-hetero) is 1. The zero-order valence-electron chi connectivity index (χ0n) is 12.5. The summed E-state index contributed by atoms with van der Waals surface area (Å²) in [6, 6.07) is 10.6. The highest BCUT2D eigenvalue weighted by Gasteiger charge is 2.15. The summed E-state index contributed by atoms with van der Waals surface area (Å²) in [4.78, 5) is 15.5. The van der Waals surface area contributed by atoms with Gasteiger partial charge in [0.25, 0.3) is 10.0 Å². The molecule has 3 aromatic rings. The van der Waals surface area contributed by atoms with E-state index < -0.39 is 10.0 Å². The Morgan fingerprint density at radius 3 is 2.48 bits per heavy atom. The normalized spacial score (nSPS) is 11.6. The maximum absolute atomic E-state index is 12.4. The monoisotopic (exact) mass is 330 g/mol. The predicted molar refractivity (Wildman–Crippen MR) is 86.0 cm³/mol. The second kappa shape index (κ2) is 5.51. The summed E-state index contributed by atoms with van der Waals surface area (Å²) in [5.41, 5.74) is 2.02. The van der Waals surface area contributed by atoms with E-state index >= 15 is 0 Å². The third-order valence-electron chi connectivity index (χ3n) is 3.32. The lowest BCUT2D eigenvalue weighted by Crippen LogP contribution is -2.13. The fourth-order valence-electron chi connectivity index (χ4n) is 2.19. The largest absolute Gasteiger partial charge is 0.441 e. The maximum atomic E-state index is 12.4. The second-order valence-corrected chi connectivity index (χ2v) is 6.78. The minimum absolute atomic E-state index is 0.0823. The zero-order valence-corrected chi connectivity index (χ0v) is 13.3. The Hall–Kier alpha value is -2.67. The molecule has 0 amide bonds. The number of nitrogens with one attached hydrogen (secondary N) is 1. The molecule has 0 saturated heterocycles. The molecule has 0 fully saturated rings. The molecule has 0 aliphatic rings. The number of hydrogen-bond donors (Lipinski definition) is 1. The number of carbonyl (C=O) groups is 1. The zero-order chi connectivity index (χ0) is 16.6. The van der Waals surface area contributed by atoms with E-state index in [1.165, 1.54) is 31.2 Å². The molecule has 0 bridgehead atoms. The average Bonchev–Trinajstić information content (AvgIpc) is 2.86. The van der Waals surface area contributed by atoms with Crippen LogP contribution in [0, 0.1) is 6.92 Å². The average molecular weight is 330 g/mol. The number of fused-ring (bicyclic) bond motifs is 1. The Labute approximate surface area is 133 Å². The van der Waals surface area contributed by atoms with Crippen LogP contribution in [0.5, 0.6) is 0 Å². The molecule has 0 unspecified atom stereocenters. The van der Waals surface area contributed by atoms with Gasteiger partial charge in [-0.2, -0.15) is 0 Å². The second-order valence-electron chi connectivity index (χ2n) is 5.10. The molecule has 0 saturated carbocycles. The maximum Gasteiger partial charge on any atom is 0.261 e. The molecular weight excluding hydrogens is 316 g/mol. The van der Waals surface area contributed by atoms with Gasteiger partial charge in [-0.1, -0.05) is 12.1 Å². The van der Waals surface area contributed by atoms with Gasteiger partial charge in [0, 0.05) is 12.5 Å². The summed E-state index contributed by atoms with van der Waals surface area (Å²) < 4.78 is 32.6. The number of carbonyl (C=O) groups excluding carboxylic acids is 1. The van der Waals surface area contributed by atoms with Gasteiger partial charge in [-0.15, -0.1) is 0 Å². The van der Waals surface area contributed by atoms with Gasteiger partial charge < -0.3 is 4.42 Å². The van der Waals surface area contributed by atoms with E-state index in [0.29, 0.717) is 28.2 Å². The van der Waals surface area contributed by atoms with Crippen molar-refractivity contribution in [2.24, 2.45) is 0 Å². The Morgan fingerprint density at radius 2 is 1.83 bits per heavy atom. The van der Waals surface area contributed by atoms with Crippen LogP contribution >= 0.6 is 0 Å². The predicted octanol–water partition coefficient (Wildman–Crippen LogP) is 3.14. The Balaban J connectivity index is 1.90. The minimum atomic E-state index is -3.74. The molecule has 1 N–H and O–H groups in total. The van der Waals surface area contributed by atoms with Gasteiger partial charge >= 0.3 is 0 Å². The standard InChI is InChI=1S/C16H14N2O4S/c1-10(19)12-3-6-14(7-4-12)23(20,21)18-13-5-8-16-15(9-13)17-11(2)22-16/h3-9,18H,1-2H3. The van der Waals surface area contributed by atoms with Gasteiger partial charge in [-0.3, -0.25) is 9.52 Å². The van der Waals surface area contributed by atoms with E-state index in [1.54, 1.807) is 25.1 Å². The quantitative estimate of drug-likeness (QED) is 0.742. The summed E-state index contributed by atoms with van der Waals surface area (Å²) in [6.07, 6.45) is 0. The van der Waals surface area contributed by atoms with Gasteiger partial charge in [-0.25, -0.2) is 13.4 Å². The Bertz CT molecular complexity index is 989. The first-order valence-corrected chi connectivity index (χ1v) is 8.34. The van der Waals surface area contributed by atoms with E-state index in [0.717, 1.165) is 0 Å². The van der Waals surface area contributed by atoms with Crippen molar-refractivity contribution < 1.29 is 17.6 Å². The number of aryl methyl sites for hydroxylation is 1. The SMILES string of the molecule is CC(=O)c1ccc(S(=O)(=O)Nc2ccc3oc(C)nc3c2)cc1. The van der Waals surface area contributed by atoms with Crippen molar-refractivity contribution in [3.05, 3.63) is 53.9 Å². The molecule has 23 heavy (non-hydrogen) atoms. The number of benzene rings is 2. The van der Waals surface area contributed by atoms with Gasteiger partial charge in [0.2, 0.25) is 0 Å². The number of nitrogens with zero attached hydrogens (tertiary/aromatic N) is 1. The van der Waals surface area contributed by atoms with Crippen LogP contribution in [0.25, 0.3) is 11.1 Å². The van der Waals surface area contributed by atoms with Gasteiger partial charge in [0.05, 0.1) is 10.6 Å². The molecular formula is C16H14N2O4S. The first-order chi connectivity index (χ1) is 10.8. The summed E-state index contributed by atoms with van der Waals surface area (Å²) in [5, 5.41) is 0. The molecule has 2 aromatic carbocycles. The van der Waals surface area contributed by atoms with Crippen molar-refractivity contribution in [1.29, 1.82) is 0 Å². The number of aromatic nitrogens is 1. The topological polar surface area (TPSA) is 89.3 Å². The molecule has 0 atom stereocenters. The lowest BCUT2D eigenvalue weighted by atomic mass is 10.2. The smallest absolute Gasteiger partial charge is 0.261 e. The fraction of sp³-hybridized carbons (Fsp3) is 0.125. The molecule has 0 aliphatic carbocycles. The van der Waals surface area contributed by atoms with Crippen molar-refractivity contribution in [1.82, 2.24) is 4.98 Å². The van der Waals surface area contributed by atoms with Crippen LogP contribution in [0.15, 0.2) is 51.8 Å². The molecule has 0 spiro atoms. The van der Waals surface area contributed by atoms with Crippen LogP contribution in [0.2, 0.25) is 0 Å². The number of sulfonamides is 1. The van der Waals surface area contributed by atoms with E-state index in [-0.39, 0.29) is 10.7 Å². The summed E-state index contributed by atoms with van der Waals surface area (Å²) in [5.74, 6) is 0.397. The highest BCUT2D eigenvalue weighted by molar-refractivity contribution is 7.92. The number of ketones is 1. The molecule has 1 heterocycles. The third-order valence-corrected chi connectivity index (χ3v) is 4.72. The van der Waals surface area contributed by atoms with E-state index in [4.69, 9.17) is 4.42 Å². The molecule has 0 radical (unpaired) electrons. The van der Waals surface area contributed by atoms with Crippen LogP contribution in [-0.2, 0) is 10.0 Å². The lowest BCUT2D eigenvalue weighted by molar-refractivity contribution is 0.101. The minimum Gasteiger partial charge on any atom is -0.441 e. The number of anilines is 1. The van der Waals surface area contributed by atoms with E-state index in [1.807, 2.05) is 0 Å². The van der Waals surface area contributed by atoms with E-state index in [9.17, 15) is 13.2 Å². The fourth-order valence-corrected chi connectivity index (χ4v) is 3.24. The highest BCUT2D eigenvalue weighted by Crippen LogP contribution is 2.22. The summed E-state index contributed by atoms with van der Waals surface area (Å²) in [7, 11) is -3.74. The summed E-state index contributed by atoms with van der Waals surface area (Å²) in [6.45, 7) is 3.15. The molecule has 118 valence electrons. The van der Waals surface area contributed by atoms with Crippen molar-refractivity contribution in [3.63, 3.8) is 0 Å². The van der Waals surface area contributed by atoms with Crippen LogP contribution in [0.4, 0.5) is 5.69 Å². The molecule has 3 rings (SSSR count). The van der Waals surface area contributed by atoms with Crippen LogP contribution in [0.3, 0.4) is 0 Å². The lowest BCUT2D eigenvalue weighted by Gasteiger charge is -2.08. The molecule has 1 aromatic heterocycles. The van der Waals surface area contributed by atoms with Gasteiger partial charge in [0.15, 0.2) is 17.3 Å². The third kappa shape index (κ3) is 3.09. The van der Waals surface area contributed by atoms with E-state index in [2.05, 4.69) is 9.71 Å². The Morgan fingerprint density at radius 1 is 1.13 bits per heavy atom. The van der Waals surface area contributed by atoms with Crippen molar-refractivity contribution in [2.75, 3.05) is 4.72 Å².